The molecule has 0 aliphatic rings. The number of rotatable bonds is 4. The van der Waals surface area contributed by atoms with E-state index in [1.807, 2.05) is 17.5 Å². The summed E-state index contributed by atoms with van der Waals surface area (Å²) >= 11 is 13.6. The maximum atomic E-state index is 12.6. The van der Waals surface area contributed by atoms with Gasteiger partial charge in [-0.3, -0.25) is 9.59 Å². The molecule has 3 heterocycles. The van der Waals surface area contributed by atoms with Crippen LogP contribution in [0.2, 0.25) is 10.0 Å². The van der Waals surface area contributed by atoms with E-state index in [0.29, 0.717) is 17.4 Å². The van der Waals surface area contributed by atoms with Crippen molar-refractivity contribution in [1.29, 1.82) is 0 Å². The topological polar surface area (TPSA) is 77.1 Å². The van der Waals surface area contributed by atoms with Crippen molar-refractivity contribution in [2.24, 2.45) is 0 Å². The Morgan fingerprint density at radius 3 is 2.89 bits per heavy atom. The van der Waals surface area contributed by atoms with Crippen LogP contribution in [0.5, 0.6) is 0 Å². The predicted molar refractivity (Wildman–Crippen MR) is 106 cm³/mol. The van der Waals surface area contributed by atoms with Gasteiger partial charge in [0.05, 0.1) is 23.2 Å². The third kappa shape index (κ3) is 3.62. The van der Waals surface area contributed by atoms with Crippen LogP contribution < -0.4 is 10.7 Å². The van der Waals surface area contributed by atoms with Crippen LogP contribution in [-0.2, 0) is 6.54 Å². The Bertz CT molecular complexity index is 1200. The number of hydrogen-bond donors (Lipinski definition) is 1. The fourth-order valence-corrected chi connectivity index (χ4v) is 3.81. The predicted octanol–water partition coefficient (Wildman–Crippen LogP) is 4.66. The number of amides is 1. The maximum absolute atomic E-state index is 12.6. The van der Waals surface area contributed by atoms with Gasteiger partial charge in [0.25, 0.3) is 5.91 Å². The van der Waals surface area contributed by atoms with Gasteiger partial charge in [0.1, 0.15) is 5.82 Å². The first-order chi connectivity index (χ1) is 13.0. The number of nitrogens with one attached hydrogen (secondary N) is 1. The van der Waals surface area contributed by atoms with Crippen LogP contribution >= 0.6 is 34.5 Å². The largest absolute Gasteiger partial charge is 0.449 e. The van der Waals surface area contributed by atoms with Crippen LogP contribution in [0.3, 0.4) is 0 Å². The highest BCUT2D eigenvalue weighted by Gasteiger charge is 2.16. The van der Waals surface area contributed by atoms with Crippen molar-refractivity contribution in [2.45, 2.75) is 6.54 Å². The third-order valence-electron chi connectivity index (χ3n) is 3.82. The molecule has 27 heavy (non-hydrogen) atoms. The van der Waals surface area contributed by atoms with Crippen molar-refractivity contribution in [3.63, 3.8) is 0 Å². The van der Waals surface area contributed by atoms with Gasteiger partial charge in [-0.05, 0) is 23.6 Å². The molecule has 0 aliphatic carbocycles. The number of anilines is 1. The lowest BCUT2D eigenvalue weighted by Crippen LogP contribution is -2.18. The average molecular weight is 420 g/mol. The lowest BCUT2D eigenvalue weighted by atomic mass is 10.2. The molecule has 0 saturated carbocycles. The van der Waals surface area contributed by atoms with E-state index in [0.717, 1.165) is 10.9 Å². The minimum absolute atomic E-state index is 0.116. The minimum Gasteiger partial charge on any atom is -0.449 e. The number of carbonyl (C=O) groups is 1. The molecule has 0 spiro atoms. The van der Waals surface area contributed by atoms with Gasteiger partial charge in [0.2, 0.25) is 0 Å². The average Bonchev–Trinajstić information content (AvgIpc) is 3.28. The Morgan fingerprint density at radius 1 is 1.26 bits per heavy atom. The number of fused-ring (bicyclic) bond motifs is 1. The van der Waals surface area contributed by atoms with Gasteiger partial charge >= 0.3 is 0 Å². The summed E-state index contributed by atoms with van der Waals surface area (Å²) in [6.07, 6.45) is 1.58. The zero-order chi connectivity index (χ0) is 19.0. The van der Waals surface area contributed by atoms with Crippen molar-refractivity contribution in [3.8, 4) is 0 Å². The normalized spacial score (nSPS) is 11.0. The molecule has 0 unspecified atom stereocenters. The molecule has 0 atom stereocenters. The highest BCUT2D eigenvalue weighted by atomic mass is 35.5. The first-order valence-corrected chi connectivity index (χ1v) is 9.43. The molecule has 3 aromatic heterocycles. The van der Waals surface area contributed by atoms with Crippen molar-refractivity contribution < 1.29 is 9.21 Å². The van der Waals surface area contributed by atoms with Crippen LogP contribution in [0.25, 0.3) is 11.0 Å². The summed E-state index contributed by atoms with van der Waals surface area (Å²) in [7, 11) is 0. The van der Waals surface area contributed by atoms with Crippen LogP contribution in [0.15, 0.2) is 57.2 Å². The summed E-state index contributed by atoms with van der Waals surface area (Å²) in [5.74, 6) is -0.244. The second kappa shape index (κ2) is 7.19. The lowest BCUT2D eigenvalue weighted by Gasteiger charge is -2.08. The minimum atomic E-state index is -0.576. The van der Waals surface area contributed by atoms with E-state index in [4.69, 9.17) is 27.6 Å². The number of aromatic nitrogens is 2. The maximum Gasteiger partial charge on any atom is 0.292 e. The van der Waals surface area contributed by atoms with Crippen LogP contribution in [0.4, 0.5) is 5.82 Å². The third-order valence-corrected chi connectivity index (χ3v) is 5.18. The number of hydrogen-bond acceptors (Lipinski definition) is 5. The van der Waals surface area contributed by atoms with E-state index in [-0.39, 0.29) is 21.8 Å². The Morgan fingerprint density at radius 2 is 2.11 bits per heavy atom. The van der Waals surface area contributed by atoms with Crippen LogP contribution in [0, 0.1) is 0 Å². The number of carbonyl (C=O) groups excluding carboxylic acids is 1. The van der Waals surface area contributed by atoms with Crippen molar-refractivity contribution in [2.75, 3.05) is 5.32 Å². The van der Waals surface area contributed by atoms with Gasteiger partial charge in [-0.2, -0.15) is 5.10 Å². The monoisotopic (exact) mass is 419 g/mol. The van der Waals surface area contributed by atoms with Gasteiger partial charge < -0.3 is 9.73 Å². The molecule has 1 N–H and O–H groups in total. The van der Waals surface area contributed by atoms with E-state index >= 15 is 0 Å². The molecule has 6 nitrogen and oxygen atoms in total. The van der Waals surface area contributed by atoms with Gasteiger partial charge in [-0.25, -0.2) is 4.68 Å². The fourth-order valence-electron chi connectivity index (χ4n) is 2.59. The summed E-state index contributed by atoms with van der Waals surface area (Å²) < 4.78 is 7.20. The summed E-state index contributed by atoms with van der Waals surface area (Å²) in [5, 5.41) is 9.57. The van der Waals surface area contributed by atoms with E-state index in [9.17, 15) is 9.59 Å². The molecule has 4 rings (SSSR count). The zero-order valence-corrected chi connectivity index (χ0v) is 15.9. The Labute approximate surface area is 166 Å². The summed E-state index contributed by atoms with van der Waals surface area (Å²) in [6, 6.07) is 9.61. The van der Waals surface area contributed by atoms with Gasteiger partial charge in [-0.15, -0.1) is 11.3 Å². The smallest absolute Gasteiger partial charge is 0.292 e. The number of nitrogens with zero attached hydrogens (tertiary/aromatic N) is 2. The van der Waals surface area contributed by atoms with Crippen molar-refractivity contribution >= 4 is 57.2 Å². The fraction of sp³-hybridized carbons (Fsp3) is 0.0556. The molecule has 4 aromatic rings. The highest BCUT2D eigenvalue weighted by Crippen LogP contribution is 2.27. The van der Waals surface area contributed by atoms with Crippen molar-refractivity contribution in [1.82, 2.24) is 9.78 Å². The Kier molecular flexibility index (Phi) is 4.73. The molecule has 0 aliphatic heterocycles. The Hall–Kier alpha value is -2.61. The van der Waals surface area contributed by atoms with E-state index < -0.39 is 11.3 Å². The first kappa shape index (κ1) is 17.8. The quantitative estimate of drug-likeness (QED) is 0.521. The molecule has 136 valence electrons. The summed E-state index contributed by atoms with van der Waals surface area (Å²) in [5.41, 5.74) is -0.288. The zero-order valence-electron chi connectivity index (χ0n) is 13.6. The number of thiophene rings is 1. The van der Waals surface area contributed by atoms with E-state index in [2.05, 4.69) is 10.4 Å². The summed E-state index contributed by atoms with van der Waals surface area (Å²) in [4.78, 5) is 26.0. The van der Waals surface area contributed by atoms with Crippen molar-refractivity contribution in [3.05, 3.63) is 78.9 Å². The van der Waals surface area contributed by atoms with E-state index in [1.165, 1.54) is 12.1 Å². The molecular weight excluding hydrogens is 409 g/mol. The lowest BCUT2D eigenvalue weighted by molar-refractivity contribution is 0.0996. The van der Waals surface area contributed by atoms with E-state index in [1.54, 1.807) is 28.3 Å². The molecule has 1 aromatic carbocycles. The molecule has 0 saturated heterocycles. The van der Waals surface area contributed by atoms with Gasteiger partial charge in [-0.1, -0.05) is 29.3 Å². The second-order valence-corrected chi connectivity index (χ2v) is 7.52. The molecule has 0 bridgehead atoms. The van der Waals surface area contributed by atoms with Crippen LogP contribution in [0.1, 0.15) is 15.4 Å². The molecule has 0 fully saturated rings. The highest BCUT2D eigenvalue weighted by molar-refractivity contribution is 7.09. The first-order valence-electron chi connectivity index (χ1n) is 7.80. The van der Waals surface area contributed by atoms with Gasteiger partial charge in [0, 0.05) is 22.0 Å². The Balaban J connectivity index is 1.65. The second-order valence-electron chi connectivity index (χ2n) is 5.65. The molecule has 9 heteroatoms. The summed E-state index contributed by atoms with van der Waals surface area (Å²) in [6.45, 7) is 0.520. The molecule has 0 radical (unpaired) electrons. The molecular formula is C18H11Cl2N3O3S. The van der Waals surface area contributed by atoms with Gasteiger partial charge in [0.15, 0.2) is 16.8 Å². The standard InChI is InChI=1S/C18H11Cl2N3O3S/c19-10-6-12-14(24)8-15(26-17(12)13(20)7-10)18(25)22-16-3-4-21-23(16)9-11-2-1-5-27-11/h1-8H,9H2,(H,22,25). The SMILES string of the molecule is O=C(Nc1ccnn1Cc1cccs1)c1cc(=O)c2cc(Cl)cc(Cl)c2o1. The van der Waals surface area contributed by atoms with Crippen LogP contribution in [-0.4, -0.2) is 15.7 Å². The number of halogens is 2. The number of benzene rings is 1. The molecule has 1 amide bonds.